The molecule has 0 aromatic heterocycles. The van der Waals surface area contributed by atoms with E-state index in [0.717, 1.165) is 36.5 Å². The third kappa shape index (κ3) is 2.63. The van der Waals surface area contributed by atoms with E-state index in [-0.39, 0.29) is 0 Å². The molecule has 2 rings (SSSR count). The lowest BCUT2D eigenvalue weighted by atomic mass is 9.83. The van der Waals surface area contributed by atoms with Gasteiger partial charge in [0, 0.05) is 5.56 Å². The van der Waals surface area contributed by atoms with Crippen molar-refractivity contribution >= 4 is 6.29 Å². The summed E-state index contributed by atoms with van der Waals surface area (Å²) in [4.78, 5) is 10.6. The van der Waals surface area contributed by atoms with Crippen molar-refractivity contribution in [2.75, 3.05) is 6.61 Å². The van der Waals surface area contributed by atoms with Crippen molar-refractivity contribution in [2.24, 2.45) is 5.92 Å². The van der Waals surface area contributed by atoms with Gasteiger partial charge in [-0.2, -0.15) is 0 Å². The maximum atomic E-state index is 10.6. The second kappa shape index (κ2) is 5.15. The SMILES string of the molecule is Cc1cc(C=O)ccc1OCCC1CCC1. The van der Waals surface area contributed by atoms with E-state index in [2.05, 4.69) is 0 Å². The largest absolute Gasteiger partial charge is 0.493 e. The summed E-state index contributed by atoms with van der Waals surface area (Å²) in [5.41, 5.74) is 1.75. The normalized spacial score (nSPS) is 15.6. The number of hydrogen-bond donors (Lipinski definition) is 0. The van der Waals surface area contributed by atoms with E-state index >= 15 is 0 Å². The zero-order valence-corrected chi connectivity index (χ0v) is 9.74. The zero-order chi connectivity index (χ0) is 11.4. The average Bonchev–Trinajstić information content (AvgIpc) is 2.23. The number of aryl methyl sites for hydroxylation is 1. The molecular weight excluding hydrogens is 200 g/mol. The summed E-state index contributed by atoms with van der Waals surface area (Å²) >= 11 is 0. The predicted octanol–water partition coefficient (Wildman–Crippen LogP) is 3.38. The number of benzene rings is 1. The van der Waals surface area contributed by atoms with E-state index in [1.54, 1.807) is 6.07 Å². The molecule has 0 heterocycles. The summed E-state index contributed by atoms with van der Waals surface area (Å²) in [5, 5.41) is 0. The Balaban J connectivity index is 1.85. The molecule has 2 heteroatoms. The summed E-state index contributed by atoms with van der Waals surface area (Å²) < 4.78 is 5.73. The molecule has 0 N–H and O–H groups in total. The molecule has 0 amide bonds. The van der Waals surface area contributed by atoms with Crippen LogP contribution in [0.1, 0.15) is 41.6 Å². The van der Waals surface area contributed by atoms with E-state index in [1.165, 1.54) is 19.3 Å². The van der Waals surface area contributed by atoms with E-state index in [4.69, 9.17) is 4.74 Å². The van der Waals surface area contributed by atoms with Crippen molar-refractivity contribution in [2.45, 2.75) is 32.6 Å². The van der Waals surface area contributed by atoms with Gasteiger partial charge in [-0.25, -0.2) is 0 Å². The summed E-state index contributed by atoms with van der Waals surface area (Å²) in [6, 6.07) is 5.56. The maximum absolute atomic E-state index is 10.6. The minimum Gasteiger partial charge on any atom is -0.493 e. The van der Waals surface area contributed by atoms with Crippen molar-refractivity contribution in [3.63, 3.8) is 0 Å². The van der Waals surface area contributed by atoms with E-state index < -0.39 is 0 Å². The van der Waals surface area contributed by atoms with Gasteiger partial charge in [0.05, 0.1) is 6.61 Å². The molecule has 0 radical (unpaired) electrons. The fourth-order valence-corrected chi connectivity index (χ4v) is 2.02. The third-order valence-corrected chi connectivity index (χ3v) is 3.34. The lowest BCUT2D eigenvalue weighted by molar-refractivity contribution is 0.112. The molecule has 0 spiro atoms. The Labute approximate surface area is 96.6 Å². The van der Waals surface area contributed by atoms with Crippen LogP contribution < -0.4 is 4.74 Å². The molecule has 1 aromatic carbocycles. The summed E-state index contributed by atoms with van der Waals surface area (Å²) in [6.07, 6.45) is 6.15. The molecule has 0 aliphatic heterocycles. The van der Waals surface area contributed by atoms with Crippen molar-refractivity contribution in [1.29, 1.82) is 0 Å². The minimum atomic E-state index is 0.712. The standard InChI is InChI=1S/C14H18O2/c1-11-9-13(10-15)5-6-14(11)16-8-7-12-3-2-4-12/h5-6,9-10,12H,2-4,7-8H2,1H3. The molecule has 1 aliphatic rings. The second-order valence-electron chi connectivity index (χ2n) is 4.58. The van der Waals surface area contributed by atoms with Crippen LogP contribution in [0.25, 0.3) is 0 Å². The number of aldehydes is 1. The first-order chi connectivity index (χ1) is 7.79. The fourth-order valence-electron chi connectivity index (χ4n) is 2.02. The van der Waals surface area contributed by atoms with Crippen LogP contribution in [0.4, 0.5) is 0 Å². The van der Waals surface area contributed by atoms with Gasteiger partial charge < -0.3 is 4.74 Å². The fraction of sp³-hybridized carbons (Fsp3) is 0.500. The molecule has 0 atom stereocenters. The third-order valence-electron chi connectivity index (χ3n) is 3.34. The van der Waals surface area contributed by atoms with Crippen molar-refractivity contribution in [3.05, 3.63) is 29.3 Å². The molecule has 1 saturated carbocycles. The molecule has 16 heavy (non-hydrogen) atoms. The Morgan fingerprint density at radius 2 is 2.25 bits per heavy atom. The van der Waals surface area contributed by atoms with Gasteiger partial charge >= 0.3 is 0 Å². The van der Waals surface area contributed by atoms with Crippen LogP contribution in [0, 0.1) is 12.8 Å². The molecule has 2 nitrogen and oxygen atoms in total. The van der Waals surface area contributed by atoms with Crippen molar-refractivity contribution in [1.82, 2.24) is 0 Å². The highest BCUT2D eigenvalue weighted by Gasteiger charge is 2.16. The quantitative estimate of drug-likeness (QED) is 0.708. The van der Waals surface area contributed by atoms with E-state index in [1.807, 2.05) is 19.1 Å². The first-order valence-corrected chi connectivity index (χ1v) is 5.98. The Bertz CT molecular complexity index is 367. The van der Waals surface area contributed by atoms with Crippen LogP contribution in [-0.4, -0.2) is 12.9 Å². The number of hydrogen-bond acceptors (Lipinski definition) is 2. The van der Waals surface area contributed by atoms with Gasteiger partial charge in [-0.3, -0.25) is 4.79 Å². The highest BCUT2D eigenvalue weighted by molar-refractivity contribution is 5.75. The van der Waals surface area contributed by atoms with Crippen molar-refractivity contribution < 1.29 is 9.53 Å². The molecule has 1 aliphatic carbocycles. The Hall–Kier alpha value is -1.31. The second-order valence-corrected chi connectivity index (χ2v) is 4.58. The van der Waals surface area contributed by atoms with Gasteiger partial charge in [-0.15, -0.1) is 0 Å². The summed E-state index contributed by atoms with van der Waals surface area (Å²) in [7, 11) is 0. The monoisotopic (exact) mass is 218 g/mol. The number of rotatable bonds is 5. The Morgan fingerprint density at radius 1 is 1.44 bits per heavy atom. The first kappa shape index (κ1) is 11.2. The maximum Gasteiger partial charge on any atom is 0.150 e. The van der Waals surface area contributed by atoms with Gasteiger partial charge in [0.1, 0.15) is 12.0 Å². The molecule has 0 unspecified atom stereocenters. The van der Waals surface area contributed by atoms with Gasteiger partial charge in [0.15, 0.2) is 0 Å². The van der Waals surface area contributed by atoms with Gasteiger partial charge in [0.2, 0.25) is 0 Å². The van der Waals surface area contributed by atoms with E-state index in [9.17, 15) is 4.79 Å². The highest BCUT2D eigenvalue weighted by Crippen LogP contribution is 2.29. The van der Waals surface area contributed by atoms with E-state index in [0.29, 0.717) is 5.56 Å². The van der Waals surface area contributed by atoms with Crippen LogP contribution >= 0.6 is 0 Å². The number of carbonyl (C=O) groups excluding carboxylic acids is 1. The molecular formula is C14H18O2. The van der Waals surface area contributed by atoms with Crippen LogP contribution in [0.2, 0.25) is 0 Å². The zero-order valence-electron chi connectivity index (χ0n) is 9.74. The van der Waals surface area contributed by atoms with Crippen LogP contribution in [0.15, 0.2) is 18.2 Å². The lowest BCUT2D eigenvalue weighted by Crippen LogP contribution is -2.14. The van der Waals surface area contributed by atoms with Gasteiger partial charge in [0.25, 0.3) is 0 Å². The highest BCUT2D eigenvalue weighted by atomic mass is 16.5. The molecule has 0 bridgehead atoms. The Morgan fingerprint density at radius 3 is 2.81 bits per heavy atom. The smallest absolute Gasteiger partial charge is 0.150 e. The Kier molecular flexibility index (Phi) is 3.60. The first-order valence-electron chi connectivity index (χ1n) is 5.98. The van der Waals surface area contributed by atoms with Gasteiger partial charge in [-0.1, -0.05) is 19.3 Å². The molecule has 0 saturated heterocycles. The topological polar surface area (TPSA) is 26.3 Å². The number of carbonyl (C=O) groups is 1. The minimum absolute atomic E-state index is 0.712. The van der Waals surface area contributed by atoms with Crippen LogP contribution in [-0.2, 0) is 0 Å². The number of ether oxygens (including phenoxy) is 1. The molecule has 1 fully saturated rings. The van der Waals surface area contributed by atoms with Gasteiger partial charge in [-0.05, 0) is 43.0 Å². The van der Waals surface area contributed by atoms with Crippen LogP contribution in [0.3, 0.4) is 0 Å². The van der Waals surface area contributed by atoms with Crippen LogP contribution in [0.5, 0.6) is 5.75 Å². The summed E-state index contributed by atoms with van der Waals surface area (Å²) in [6.45, 7) is 2.78. The average molecular weight is 218 g/mol. The summed E-state index contributed by atoms with van der Waals surface area (Å²) in [5.74, 6) is 1.79. The lowest BCUT2D eigenvalue weighted by Gasteiger charge is -2.25. The predicted molar refractivity (Wildman–Crippen MR) is 64.0 cm³/mol. The van der Waals surface area contributed by atoms with Crippen molar-refractivity contribution in [3.8, 4) is 5.75 Å². The molecule has 1 aromatic rings. The molecule has 86 valence electrons.